The summed E-state index contributed by atoms with van der Waals surface area (Å²) in [5.74, 6) is 0.820. The zero-order valence-corrected chi connectivity index (χ0v) is 13.2. The number of aryl methyl sites for hydroxylation is 1. The van der Waals surface area contributed by atoms with Crippen LogP contribution >= 0.6 is 11.8 Å². The molecule has 0 saturated heterocycles. The summed E-state index contributed by atoms with van der Waals surface area (Å²) in [6.07, 6.45) is 3.86. The van der Waals surface area contributed by atoms with Crippen LogP contribution in [0.2, 0.25) is 0 Å². The number of hydrogen-bond acceptors (Lipinski definition) is 4. The van der Waals surface area contributed by atoms with Gasteiger partial charge in [-0.05, 0) is 37.9 Å². The van der Waals surface area contributed by atoms with Gasteiger partial charge in [0.25, 0.3) is 0 Å². The zero-order chi connectivity index (χ0) is 14.5. The third kappa shape index (κ3) is 2.83. The average molecular weight is 291 g/mol. The molecule has 0 radical (unpaired) electrons. The number of nitrogens with one attached hydrogen (secondary N) is 1. The van der Waals surface area contributed by atoms with E-state index in [-0.39, 0.29) is 6.04 Å². The van der Waals surface area contributed by atoms with Gasteiger partial charge >= 0.3 is 0 Å². The van der Waals surface area contributed by atoms with Gasteiger partial charge in [0.05, 0.1) is 19.3 Å². The van der Waals surface area contributed by atoms with Crippen molar-refractivity contribution in [2.24, 2.45) is 0 Å². The highest BCUT2D eigenvalue weighted by molar-refractivity contribution is 7.98. The van der Waals surface area contributed by atoms with Crippen LogP contribution < -0.4 is 10.1 Å². The van der Waals surface area contributed by atoms with Gasteiger partial charge in [-0.25, -0.2) is 0 Å². The van der Waals surface area contributed by atoms with Crippen molar-refractivity contribution in [3.63, 3.8) is 0 Å². The molecule has 1 aromatic heterocycles. The van der Waals surface area contributed by atoms with E-state index in [1.54, 1.807) is 25.1 Å². The topological polar surface area (TPSA) is 39.1 Å². The summed E-state index contributed by atoms with van der Waals surface area (Å²) < 4.78 is 7.42. The van der Waals surface area contributed by atoms with Crippen molar-refractivity contribution in [1.82, 2.24) is 15.1 Å². The molecule has 1 N–H and O–H groups in total. The monoisotopic (exact) mass is 291 g/mol. The Morgan fingerprint density at radius 3 is 2.55 bits per heavy atom. The summed E-state index contributed by atoms with van der Waals surface area (Å²) in [7, 11) is 3.64. The lowest BCUT2D eigenvalue weighted by Crippen LogP contribution is -2.22. The van der Waals surface area contributed by atoms with E-state index >= 15 is 0 Å². The second-order valence-corrected chi connectivity index (χ2v) is 5.29. The van der Waals surface area contributed by atoms with Crippen LogP contribution in [0.4, 0.5) is 0 Å². The SMILES string of the molecule is CCn1ncc(OC)c1C(NC)c1ccc(SC)cc1. The molecule has 0 aliphatic heterocycles. The summed E-state index contributed by atoms with van der Waals surface area (Å²) in [6, 6.07) is 8.66. The number of aromatic nitrogens is 2. The van der Waals surface area contributed by atoms with Crippen molar-refractivity contribution in [3.8, 4) is 5.75 Å². The van der Waals surface area contributed by atoms with Gasteiger partial charge in [0.2, 0.25) is 0 Å². The first-order valence-electron chi connectivity index (χ1n) is 6.66. The summed E-state index contributed by atoms with van der Waals surface area (Å²) in [6.45, 7) is 2.90. The maximum Gasteiger partial charge on any atom is 0.161 e. The lowest BCUT2D eigenvalue weighted by Gasteiger charge is -2.19. The molecule has 4 nitrogen and oxygen atoms in total. The molecule has 1 heterocycles. The van der Waals surface area contributed by atoms with Gasteiger partial charge in [-0.1, -0.05) is 12.1 Å². The van der Waals surface area contributed by atoms with E-state index in [2.05, 4.69) is 47.9 Å². The van der Waals surface area contributed by atoms with Crippen LogP contribution in [0, 0.1) is 0 Å². The Labute approximate surface area is 124 Å². The second kappa shape index (κ2) is 6.81. The van der Waals surface area contributed by atoms with E-state index in [1.807, 2.05) is 11.7 Å². The quantitative estimate of drug-likeness (QED) is 0.831. The molecule has 1 aromatic carbocycles. The third-order valence-electron chi connectivity index (χ3n) is 3.38. The van der Waals surface area contributed by atoms with Crippen LogP contribution in [0.15, 0.2) is 35.4 Å². The summed E-state index contributed by atoms with van der Waals surface area (Å²) in [5, 5.41) is 7.74. The molecule has 0 spiro atoms. The Morgan fingerprint density at radius 2 is 2.05 bits per heavy atom. The number of benzene rings is 1. The average Bonchev–Trinajstić information content (AvgIpc) is 2.91. The molecule has 20 heavy (non-hydrogen) atoms. The normalized spacial score (nSPS) is 12.4. The molecule has 0 saturated carbocycles. The Bertz CT molecular complexity index is 529. The fraction of sp³-hybridized carbons (Fsp3) is 0.400. The Morgan fingerprint density at radius 1 is 1.35 bits per heavy atom. The van der Waals surface area contributed by atoms with E-state index in [0.717, 1.165) is 18.0 Å². The van der Waals surface area contributed by atoms with Crippen LogP contribution in [-0.2, 0) is 6.54 Å². The first-order valence-corrected chi connectivity index (χ1v) is 7.88. The molecule has 0 aliphatic carbocycles. The number of thioether (sulfide) groups is 1. The highest BCUT2D eigenvalue weighted by atomic mass is 32.2. The van der Waals surface area contributed by atoms with Crippen molar-refractivity contribution in [1.29, 1.82) is 0 Å². The molecule has 1 atom stereocenters. The number of rotatable bonds is 6. The maximum atomic E-state index is 5.45. The van der Waals surface area contributed by atoms with E-state index in [9.17, 15) is 0 Å². The molecule has 2 rings (SSSR count). The summed E-state index contributed by atoms with van der Waals surface area (Å²) >= 11 is 1.75. The predicted molar refractivity (Wildman–Crippen MR) is 83.6 cm³/mol. The van der Waals surface area contributed by atoms with Gasteiger partial charge in [0, 0.05) is 11.4 Å². The first-order chi connectivity index (χ1) is 9.74. The largest absolute Gasteiger partial charge is 0.493 e. The molecule has 5 heteroatoms. The van der Waals surface area contributed by atoms with Crippen LogP contribution in [0.3, 0.4) is 0 Å². The number of hydrogen-bond donors (Lipinski definition) is 1. The Hall–Kier alpha value is -1.46. The van der Waals surface area contributed by atoms with Gasteiger partial charge in [-0.3, -0.25) is 4.68 Å². The van der Waals surface area contributed by atoms with Crippen molar-refractivity contribution in [3.05, 3.63) is 41.7 Å². The van der Waals surface area contributed by atoms with Gasteiger partial charge in [0.1, 0.15) is 5.69 Å². The maximum absolute atomic E-state index is 5.45. The van der Waals surface area contributed by atoms with Crippen LogP contribution in [0.5, 0.6) is 5.75 Å². The van der Waals surface area contributed by atoms with E-state index in [4.69, 9.17) is 4.74 Å². The molecule has 0 amide bonds. The van der Waals surface area contributed by atoms with Crippen LogP contribution in [-0.4, -0.2) is 30.2 Å². The summed E-state index contributed by atoms with van der Waals surface area (Å²) in [4.78, 5) is 1.26. The standard InChI is InChI=1S/C15H21N3OS/c1-5-18-15(13(19-3)10-17-18)14(16-2)11-6-8-12(20-4)9-7-11/h6-10,14,16H,5H2,1-4H3. The highest BCUT2D eigenvalue weighted by Crippen LogP contribution is 2.30. The highest BCUT2D eigenvalue weighted by Gasteiger charge is 2.21. The van der Waals surface area contributed by atoms with Crippen LogP contribution in [0.1, 0.15) is 24.2 Å². The molecule has 1 unspecified atom stereocenters. The van der Waals surface area contributed by atoms with Crippen molar-refractivity contribution in [2.45, 2.75) is 24.4 Å². The van der Waals surface area contributed by atoms with Gasteiger partial charge in [0.15, 0.2) is 5.75 Å². The fourth-order valence-electron chi connectivity index (χ4n) is 2.34. The van der Waals surface area contributed by atoms with E-state index in [1.165, 1.54) is 10.5 Å². The molecule has 108 valence electrons. The lowest BCUT2D eigenvalue weighted by molar-refractivity contribution is 0.401. The first kappa shape index (κ1) is 14.9. The van der Waals surface area contributed by atoms with Crippen molar-refractivity contribution in [2.75, 3.05) is 20.4 Å². The predicted octanol–water partition coefficient (Wildman–Crippen LogP) is 2.94. The minimum Gasteiger partial charge on any atom is -0.493 e. The minimum absolute atomic E-state index is 0.0725. The molecular weight excluding hydrogens is 270 g/mol. The minimum atomic E-state index is 0.0725. The third-order valence-corrected chi connectivity index (χ3v) is 4.12. The second-order valence-electron chi connectivity index (χ2n) is 4.41. The van der Waals surface area contributed by atoms with Crippen LogP contribution in [0.25, 0.3) is 0 Å². The Balaban J connectivity index is 2.42. The van der Waals surface area contributed by atoms with Gasteiger partial charge in [-0.2, -0.15) is 5.10 Å². The Kier molecular flexibility index (Phi) is 5.09. The number of ether oxygens (including phenoxy) is 1. The fourth-order valence-corrected chi connectivity index (χ4v) is 2.74. The molecular formula is C15H21N3OS. The summed E-state index contributed by atoms with van der Waals surface area (Å²) in [5.41, 5.74) is 2.27. The molecule has 0 bridgehead atoms. The number of nitrogens with zero attached hydrogens (tertiary/aromatic N) is 2. The van der Waals surface area contributed by atoms with Crippen molar-refractivity contribution >= 4 is 11.8 Å². The molecule has 0 aliphatic rings. The van der Waals surface area contributed by atoms with Gasteiger partial charge in [-0.15, -0.1) is 11.8 Å². The van der Waals surface area contributed by atoms with Gasteiger partial charge < -0.3 is 10.1 Å². The molecule has 2 aromatic rings. The van der Waals surface area contributed by atoms with E-state index in [0.29, 0.717) is 0 Å². The van der Waals surface area contributed by atoms with E-state index < -0.39 is 0 Å². The lowest BCUT2D eigenvalue weighted by atomic mass is 10.0. The van der Waals surface area contributed by atoms with Crippen molar-refractivity contribution < 1.29 is 4.74 Å². The molecule has 0 fully saturated rings. The smallest absolute Gasteiger partial charge is 0.161 e. The zero-order valence-electron chi connectivity index (χ0n) is 12.4. The number of methoxy groups -OCH3 is 1.